The van der Waals surface area contributed by atoms with Gasteiger partial charge < -0.3 is 10.6 Å². The molecule has 0 atom stereocenters. The molecule has 0 radical (unpaired) electrons. The smallest absolute Gasteiger partial charge is 0.257 e. The van der Waals surface area contributed by atoms with Gasteiger partial charge in [-0.2, -0.15) is 0 Å². The number of aromatic nitrogens is 2. The summed E-state index contributed by atoms with van der Waals surface area (Å²) in [5, 5.41) is 0. The number of nitrogens with two attached hydrogens (primary N) is 1. The van der Waals surface area contributed by atoms with Gasteiger partial charge >= 0.3 is 0 Å². The van der Waals surface area contributed by atoms with E-state index in [1.807, 2.05) is 4.90 Å². The standard InChI is InChI=1S/C13H21N5O/c14-3-1-2-4-17-5-7-18(8-6-17)13(19)12-9-15-11-16-10-12/h9-11H,1-8,14H2. The molecule has 1 aliphatic heterocycles. The van der Waals surface area contributed by atoms with Crippen LogP contribution in [-0.2, 0) is 0 Å². The predicted octanol–water partition coefficient (Wildman–Crippen LogP) is -0.0267. The molecule has 2 heterocycles. The molecule has 0 unspecified atom stereocenters. The Hall–Kier alpha value is -1.53. The zero-order valence-corrected chi connectivity index (χ0v) is 11.2. The molecule has 1 amide bonds. The van der Waals surface area contributed by atoms with E-state index in [0.29, 0.717) is 5.56 Å². The molecule has 1 aliphatic rings. The third-order valence-electron chi connectivity index (χ3n) is 3.40. The number of rotatable bonds is 5. The fraction of sp³-hybridized carbons (Fsp3) is 0.615. The van der Waals surface area contributed by atoms with Crippen LogP contribution in [-0.4, -0.2) is 64.9 Å². The van der Waals surface area contributed by atoms with E-state index in [1.54, 1.807) is 12.4 Å². The van der Waals surface area contributed by atoms with Crippen molar-refractivity contribution >= 4 is 5.91 Å². The van der Waals surface area contributed by atoms with Crippen LogP contribution in [0.3, 0.4) is 0 Å². The molecule has 0 aromatic carbocycles. The minimum atomic E-state index is 0.0298. The fourth-order valence-electron chi connectivity index (χ4n) is 2.25. The summed E-state index contributed by atoms with van der Waals surface area (Å²) in [5.74, 6) is 0.0298. The molecule has 6 nitrogen and oxygen atoms in total. The summed E-state index contributed by atoms with van der Waals surface area (Å²) in [6.45, 7) is 5.25. The monoisotopic (exact) mass is 263 g/mol. The molecule has 0 bridgehead atoms. The normalized spacial score (nSPS) is 16.6. The second kappa shape index (κ2) is 7.16. The summed E-state index contributed by atoms with van der Waals surface area (Å²) >= 11 is 0. The molecular weight excluding hydrogens is 242 g/mol. The Kier molecular flexibility index (Phi) is 5.23. The van der Waals surface area contributed by atoms with Crippen molar-refractivity contribution in [2.75, 3.05) is 39.3 Å². The Labute approximate surface area is 113 Å². The topological polar surface area (TPSA) is 75.3 Å². The second-order valence-electron chi connectivity index (χ2n) is 4.76. The van der Waals surface area contributed by atoms with Crippen LogP contribution in [0.15, 0.2) is 18.7 Å². The van der Waals surface area contributed by atoms with Gasteiger partial charge in [0.15, 0.2) is 0 Å². The molecule has 104 valence electrons. The summed E-state index contributed by atoms with van der Waals surface area (Å²) in [4.78, 5) is 24.2. The minimum absolute atomic E-state index is 0.0298. The molecule has 6 heteroatoms. The number of hydrogen-bond donors (Lipinski definition) is 1. The Morgan fingerprint density at radius 3 is 2.47 bits per heavy atom. The highest BCUT2D eigenvalue weighted by atomic mass is 16.2. The van der Waals surface area contributed by atoms with Crippen LogP contribution in [0.4, 0.5) is 0 Å². The Balaban J connectivity index is 1.78. The van der Waals surface area contributed by atoms with Crippen LogP contribution < -0.4 is 5.73 Å². The first kappa shape index (κ1) is 13.9. The average Bonchev–Trinajstić information content (AvgIpc) is 2.48. The van der Waals surface area contributed by atoms with Crippen molar-refractivity contribution in [1.29, 1.82) is 0 Å². The number of carbonyl (C=O) groups excluding carboxylic acids is 1. The lowest BCUT2D eigenvalue weighted by molar-refractivity contribution is 0.0634. The summed E-state index contributed by atoms with van der Waals surface area (Å²) in [6, 6.07) is 0. The molecule has 0 aliphatic carbocycles. The average molecular weight is 263 g/mol. The van der Waals surface area contributed by atoms with Crippen molar-refractivity contribution in [2.24, 2.45) is 5.73 Å². The molecule has 1 aromatic heterocycles. The van der Waals surface area contributed by atoms with Crippen molar-refractivity contribution < 1.29 is 4.79 Å². The van der Waals surface area contributed by atoms with Gasteiger partial charge in [0.2, 0.25) is 0 Å². The molecule has 19 heavy (non-hydrogen) atoms. The van der Waals surface area contributed by atoms with Crippen LogP contribution in [0.2, 0.25) is 0 Å². The van der Waals surface area contributed by atoms with Crippen LogP contribution in [0.5, 0.6) is 0 Å². The van der Waals surface area contributed by atoms with E-state index in [4.69, 9.17) is 5.73 Å². The first-order valence-corrected chi connectivity index (χ1v) is 6.78. The van der Waals surface area contributed by atoms with Gasteiger partial charge in [-0.3, -0.25) is 9.69 Å². The number of hydrogen-bond acceptors (Lipinski definition) is 5. The van der Waals surface area contributed by atoms with Crippen molar-refractivity contribution in [3.05, 3.63) is 24.3 Å². The Morgan fingerprint density at radius 2 is 1.84 bits per heavy atom. The second-order valence-corrected chi connectivity index (χ2v) is 4.76. The van der Waals surface area contributed by atoms with E-state index in [2.05, 4.69) is 14.9 Å². The highest BCUT2D eigenvalue weighted by molar-refractivity contribution is 5.93. The van der Waals surface area contributed by atoms with Gasteiger partial charge in [-0.15, -0.1) is 0 Å². The van der Waals surface area contributed by atoms with Crippen molar-refractivity contribution in [2.45, 2.75) is 12.8 Å². The van der Waals surface area contributed by atoms with Crippen LogP contribution in [0.25, 0.3) is 0 Å². The van der Waals surface area contributed by atoms with Crippen molar-refractivity contribution in [3.8, 4) is 0 Å². The predicted molar refractivity (Wildman–Crippen MR) is 72.7 cm³/mol. The fourth-order valence-corrected chi connectivity index (χ4v) is 2.25. The lowest BCUT2D eigenvalue weighted by Crippen LogP contribution is -2.48. The summed E-state index contributed by atoms with van der Waals surface area (Å²) < 4.78 is 0. The first-order chi connectivity index (χ1) is 9.31. The van der Waals surface area contributed by atoms with Gasteiger partial charge in [-0.1, -0.05) is 0 Å². The number of carbonyl (C=O) groups is 1. The van der Waals surface area contributed by atoms with E-state index in [-0.39, 0.29) is 5.91 Å². The van der Waals surface area contributed by atoms with Gasteiger partial charge in [0.25, 0.3) is 5.91 Å². The summed E-state index contributed by atoms with van der Waals surface area (Å²) in [5.41, 5.74) is 6.06. The molecule has 1 fully saturated rings. The highest BCUT2D eigenvalue weighted by Crippen LogP contribution is 2.07. The molecule has 2 N–H and O–H groups in total. The minimum Gasteiger partial charge on any atom is -0.336 e. The number of unbranched alkanes of at least 4 members (excludes halogenated alkanes) is 1. The molecule has 1 aromatic rings. The van der Waals surface area contributed by atoms with Crippen LogP contribution >= 0.6 is 0 Å². The Morgan fingerprint density at radius 1 is 1.16 bits per heavy atom. The SMILES string of the molecule is NCCCCN1CCN(C(=O)c2cncnc2)CC1. The molecule has 0 saturated carbocycles. The quantitative estimate of drug-likeness (QED) is 0.755. The lowest BCUT2D eigenvalue weighted by Gasteiger charge is -2.34. The maximum atomic E-state index is 12.2. The molecular formula is C13H21N5O. The lowest BCUT2D eigenvalue weighted by atomic mass is 10.2. The number of piperazine rings is 1. The van der Waals surface area contributed by atoms with Crippen LogP contribution in [0.1, 0.15) is 23.2 Å². The third kappa shape index (κ3) is 3.97. The van der Waals surface area contributed by atoms with Crippen molar-refractivity contribution in [3.63, 3.8) is 0 Å². The summed E-state index contributed by atoms with van der Waals surface area (Å²) in [7, 11) is 0. The summed E-state index contributed by atoms with van der Waals surface area (Å²) in [6.07, 6.45) is 6.79. The van der Waals surface area contributed by atoms with Crippen LogP contribution in [0, 0.1) is 0 Å². The van der Waals surface area contributed by atoms with E-state index >= 15 is 0 Å². The van der Waals surface area contributed by atoms with E-state index < -0.39 is 0 Å². The zero-order chi connectivity index (χ0) is 13.5. The van der Waals surface area contributed by atoms with Crippen molar-refractivity contribution in [1.82, 2.24) is 19.8 Å². The zero-order valence-electron chi connectivity index (χ0n) is 11.2. The molecule has 0 spiro atoms. The van der Waals surface area contributed by atoms with Gasteiger partial charge in [0.05, 0.1) is 5.56 Å². The maximum Gasteiger partial charge on any atom is 0.257 e. The number of nitrogens with zero attached hydrogens (tertiary/aromatic N) is 4. The maximum absolute atomic E-state index is 12.2. The van der Waals surface area contributed by atoms with E-state index in [0.717, 1.165) is 52.1 Å². The highest BCUT2D eigenvalue weighted by Gasteiger charge is 2.21. The van der Waals surface area contributed by atoms with E-state index in [9.17, 15) is 4.79 Å². The molecule has 2 rings (SSSR count). The largest absolute Gasteiger partial charge is 0.336 e. The molecule has 1 saturated heterocycles. The Bertz CT molecular complexity index is 389. The van der Waals surface area contributed by atoms with E-state index in [1.165, 1.54) is 6.33 Å². The van der Waals surface area contributed by atoms with Gasteiger partial charge in [-0.25, -0.2) is 9.97 Å². The number of amides is 1. The third-order valence-corrected chi connectivity index (χ3v) is 3.40. The first-order valence-electron chi connectivity index (χ1n) is 6.78. The van der Waals surface area contributed by atoms with Gasteiger partial charge in [0.1, 0.15) is 6.33 Å². The van der Waals surface area contributed by atoms with Gasteiger partial charge in [-0.05, 0) is 25.9 Å². The van der Waals surface area contributed by atoms with Gasteiger partial charge in [0, 0.05) is 38.6 Å².